The summed E-state index contributed by atoms with van der Waals surface area (Å²) < 4.78 is 0. The summed E-state index contributed by atoms with van der Waals surface area (Å²) in [4.78, 5) is 4.76. The molecule has 0 bridgehead atoms. The number of nitrogens with zero attached hydrogens (tertiary/aromatic N) is 2. The SMILES string of the molecule is CC(C)CNCc1cccc(Cl)c1N1CCC(N(C)C)C1. The zero-order chi connectivity index (χ0) is 15.4. The highest BCUT2D eigenvalue weighted by atomic mass is 35.5. The van der Waals surface area contributed by atoms with Crippen LogP contribution in [0.5, 0.6) is 0 Å². The van der Waals surface area contributed by atoms with Gasteiger partial charge in [-0.05, 0) is 44.6 Å². The number of anilines is 1. The Bertz CT molecular complexity index is 459. The third-order valence-electron chi connectivity index (χ3n) is 4.15. The summed E-state index contributed by atoms with van der Waals surface area (Å²) in [5.41, 5.74) is 2.53. The van der Waals surface area contributed by atoms with Crippen molar-refractivity contribution < 1.29 is 0 Å². The van der Waals surface area contributed by atoms with E-state index in [1.165, 1.54) is 17.7 Å². The van der Waals surface area contributed by atoms with Gasteiger partial charge in [0.15, 0.2) is 0 Å². The number of likely N-dealkylation sites (N-methyl/N-ethyl adjacent to an activating group) is 1. The Morgan fingerprint density at radius 3 is 2.76 bits per heavy atom. The highest BCUT2D eigenvalue weighted by molar-refractivity contribution is 6.33. The number of para-hydroxylation sites is 1. The molecule has 1 aliphatic rings. The molecule has 1 aliphatic heterocycles. The maximum absolute atomic E-state index is 6.50. The van der Waals surface area contributed by atoms with Crippen molar-refractivity contribution in [3.05, 3.63) is 28.8 Å². The van der Waals surface area contributed by atoms with E-state index in [9.17, 15) is 0 Å². The van der Waals surface area contributed by atoms with E-state index in [1.54, 1.807) is 0 Å². The molecular formula is C17H28ClN3. The predicted molar refractivity (Wildman–Crippen MR) is 92.3 cm³/mol. The first-order valence-corrected chi connectivity index (χ1v) is 8.26. The predicted octanol–water partition coefficient (Wildman–Crippen LogP) is 3.23. The van der Waals surface area contributed by atoms with Crippen molar-refractivity contribution in [3.63, 3.8) is 0 Å². The van der Waals surface area contributed by atoms with E-state index in [0.717, 1.165) is 31.2 Å². The van der Waals surface area contributed by atoms with Gasteiger partial charge in [-0.1, -0.05) is 37.6 Å². The molecule has 1 unspecified atom stereocenters. The zero-order valence-electron chi connectivity index (χ0n) is 13.7. The molecule has 0 spiro atoms. The summed E-state index contributed by atoms with van der Waals surface area (Å²) in [5.74, 6) is 0.664. The second kappa shape index (κ2) is 7.48. The minimum Gasteiger partial charge on any atom is -0.368 e. The van der Waals surface area contributed by atoms with Crippen LogP contribution in [0.25, 0.3) is 0 Å². The van der Waals surface area contributed by atoms with Crippen LogP contribution >= 0.6 is 11.6 Å². The standard InChI is InChI=1S/C17H28ClN3/c1-13(2)10-19-11-14-6-5-7-16(18)17(14)21-9-8-15(12-21)20(3)4/h5-7,13,15,19H,8-12H2,1-4H3. The average molecular weight is 310 g/mol. The molecular weight excluding hydrogens is 282 g/mol. The fourth-order valence-corrected chi connectivity index (χ4v) is 3.23. The first-order chi connectivity index (χ1) is 9.99. The number of hydrogen-bond donors (Lipinski definition) is 1. The molecule has 118 valence electrons. The van der Waals surface area contributed by atoms with Crippen molar-refractivity contribution in [2.75, 3.05) is 38.6 Å². The van der Waals surface area contributed by atoms with Crippen molar-refractivity contribution in [1.29, 1.82) is 0 Å². The molecule has 1 fully saturated rings. The first kappa shape index (κ1) is 16.6. The molecule has 1 aromatic carbocycles. The van der Waals surface area contributed by atoms with Crippen molar-refractivity contribution in [2.45, 2.75) is 32.9 Å². The van der Waals surface area contributed by atoms with Crippen molar-refractivity contribution >= 4 is 17.3 Å². The lowest BCUT2D eigenvalue weighted by molar-refractivity contribution is 0.315. The topological polar surface area (TPSA) is 18.5 Å². The van der Waals surface area contributed by atoms with Gasteiger partial charge < -0.3 is 15.1 Å². The number of hydrogen-bond acceptors (Lipinski definition) is 3. The van der Waals surface area contributed by atoms with E-state index in [1.807, 2.05) is 6.07 Å². The van der Waals surface area contributed by atoms with Crippen molar-refractivity contribution in [1.82, 2.24) is 10.2 Å². The zero-order valence-corrected chi connectivity index (χ0v) is 14.5. The Labute approximate surface area is 134 Å². The monoisotopic (exact) mass is 309 g/mol. The quantitative estimate of drug-likeness (QED) is 0.870. The summed E-state index contributed by atoms with van der Waals surface area (Å²) in [5, 5.41) is 4.40. The van der Waals surface area contributed by atoms with Gasteiger partial charge in [0.1, 0.15) is 0 Å². The molecule has 4 heteroatoms. The Hall–Kier alpha value is -0.770. The molecule has 3 nitrogen and oxygen atoms in total. The lowest BCUT2D eigenvalue weighted by atomic mass is 10.1. The summed E-state index contributed by atoms with van der Waals surface area (Å²) in [7, 11) is 4.32. The second-order valence-electron chi connectivity index (χ2n) is 6.62. The summed E-state index contributed by atoms with van der Waals surface area (Å²) in [6.45, 7) is 8.53. The van der Waals surface area contributed by atoms with Gasteiger partial charge >= 0.3 is 0 Å². The lowest BCUT2D eigenvalue weighted by Crippen LogP contribution is -2.32. The number of rotatable bonds is 6. The largest absolute Gasteiger partial charge is 0.368 e. The van der Waals surface area contributed by atoms with Crippen molar-refractivity contribution in [2.24, 2.45) is 5.92 Å². The smallest absolute Gasteiger partial charge is 0.0642 e. The minimum absolute atomic E-state index is 0.623. The highest BCUT2D eigenvalue weighted by Crippen LogP contribution is 2.33. The van der Waals surface area contributed by atoms with Crippen LogP contribution in [0.4, 0.5) is 5.69 Å². The van der Waals surface area contributed by atoms with Gasteiger partial charge in [-0.3, -0.25) is 0 Å². The van der Waals surface area contributed by atoms with Crippen LogP contribution in [0.2, 0.25) is 5.02 Å². The van der Waals surface area contributed by atoms with Gasteiger partial charge in [0.25, 0.3) is 0 Å². The average Bonchev–Trinajstić information content (AvgIpc) is 2.88. The Morgan fingerprint density at radius 2 is 2.14 bits per heavy atom. The van der Waals surface area contributed by atoms with Crippen LogP contribution in [0.1, 0.15) is 25.8 Å². The van der Waals surface area contributed by atoms with Gasteiger partial charge in [-0.15, -0.1) is 0 Å². The molecule has 0 aliphatic carbocycles. The summed E-state index contributed by atoms with van der Waals surface area (Å²) in [6, 6.07) is 6.87. The number of nitrogens with one attached hydrogen (secondary N) is 1. The van der Waals surface area contributed by atoms with Crippen LogP contribution < -0.4 is 10.2 Å². The fraction of sp³-hybridized carbons (Fsp3) is 0.647. The normalized spacial score (nSPS) is 19.0. The van der Waals surface area contributed by atoms with E-state index >= 15 is 0 Å². The molecule has 2 rings (SSSR count). The van der Waals surface area contributed by atoms with E-state index < -0.39 is 0 Å². The van der Waals surface area contributed by atoms with E-state index in [0.29, 0.717) is 12.0 Å². The molecule has 0 amide bonds. The molecule has 0 aromatic heterocycles. The molecule has 1 saturated heterocycles. The van der Waals surface area contributed by atoms with Gasteiger partial charge in [0.2, 0.25) is 0 Å². The molecule has 21 heavy (non-hydrogen) atoms. The lowest BCUT2D eigenvalue weighted by Gasteiger charge is -2.25. The van der Waals surface area contributed by atoms with Crippen LogP contribution in [-0.2, 0) is 6.54 Å². The highest BCUT2D eigenvalue weighted by Gasteiger charge is 2.26. The van der Waals surface area contributed by atoms with E-state index in [2.05, 4.69) is 55.2 Å². The van der Waals surface area contributed by atoms with Crippen LogP contribution in [0.3, 0.4) is 0 Å². The van der Waals surface area contributed by atoms with Crippen LogP contribution in [-0.4, -0.2) is 44.7 Å². The second-order valence-corrected chi connectivity index (χ2v) is 7.03. The molecule has 0 radical (unpaired) electrons. The van der Waals surface area contributed by atoms with Gasteiger partial charge in [-0.25, -0.2) is 0 Å². The van der Waals surface area contributed by atoms with Gasteiger partial charge in [-0.2, -0.15) is 0 Å². The Kier molecular flexibility index (Phi) is 5.91. The van der Waals surface area contributed by atoms with Gasteiger partial charge in [0, 0.05) is 25.7 Å². The molecule has 1 heterocycles. The maximum atomic E-state index is 6.50. The third-order valence-corrected chi connectivity index (χ3v) is 4.45. The van der Waals surface area contributed by atoms with Crippen molar-refractivity contribution in [3.8, 4) is 0 Å². The number of halogens is 1. The maximum Gasteiger partial charge on any atom is 0.0642 e. The Morgan fingerprint density at radius 1 is 1.38 bits per heavy atom. The first-order valence-electron chi connectivity index (χ1n) is 7.88. The van der Waals surface area contributed by atoms with Crippen LogP contribution in [0, 0.1) is 5.92 Å². The Balaban J connectivity index is 2.11. The fourth-order valence-electron chi connectivity index (χ4n) is 2.92. The summed E-state index contributed by atoms with van der Waals surface area (Å²) in [6.07, 6.45) is 1.21. The molecule has 1 aromatic rings. The van der Waals surface area contributed by atoms with E-state index in [-0.39, 0.29) is 0 Å². The van der Waals surface area contributed by atoms with E-state index in [4.69, 9.17) is 11.6 Å². The molecule has 0 saturated carbocycles. The van der Waals surface area contributed by atoms with Gasteiger partial charge in [0.05, 0.1) is 10.7 Å². The minimum atomic E-state index is 0.623. The third kappa shape index (κ3) is 4.35. The summed E-state index contributed by atoms with van der Waals surface area (Å²) >= 11 is 6.50. The number of benzene rings is 1. The molecule has 1 N–H and O–H groups in total. The van der Waals surface area contributed by atoms with Crippen LogP contribution in [0.15, 0.2) is 18.2 Å². The molecule has 1 atom stereocenters.